The predicted molar refractivity (Wildman–Crippen MR) is 73.5 cm³/mol. The number of benzene rings is 1. The van der Waals surface area contributed by atoms with Crippen molar-refractivity contribution in [2.45, 2.75) is 31.7 Å². The first kappa shape index (κ1) is 14.0. The highest BCUT2D eigenvalue weighted by atomic mass is 19.1. The van der Waals surface area contributed by atoms with Crippen molar-refractivity contribution in [3.63, 3.8) is 0 Å². The minimum atomic E-state index is -0.420. The summed E-state index contributed by atoms with van der Waals surface area (Å²) in [7, 11) is 1.92. The number of carbonyl (C=O) groups excluding carboxylic acids is 1. The largest absolute Gasteiger partial charge is 0.341 e. The third-order valence-electron chi connectivity index (χ3n) is 3.88. The molecule has 104 valence electrons. The summed E-state index contributed by atoms with van der Waals surface area (Å²) in [6, 6.07) is 6.87. The van der Waals surface area contributed by atoms with Gasteiger partial charge >= 0.3 is 0 Å². The average molecular weight is 264 g/mol. The lowest BCUT2D eigenvalue weighted by Crippen LogP contribution is -2.48. The second kappa shape index (κ2) is 6.15. The van der Waals surface area contributed by atoms with Crippen molar-refractivity contribution in [3.05, 3.63) is 35.6 Å². The van der Waals surface area contributed by atoms with Crippen molar-refractivity contribution < 1.29 is 9.18 Å². The van der Waals surface area contributed by atoms with Crippen LogP contribution in [0.1, 0.15) is 31.2 Å². The highest BCUT2D eigenvalue weighted by Crippen LogP contribution is 2.22. The van der Waals surface area contributed by atoms with Crippen molar-refractivity contribution in [2.75, 3.05) is 20.1 Å². The van der Waals surface area contributed by atoms with Crippen LogP contribution < -0.4 is 5.32 Å². The second-order valence-electron chi connectivity index (χ2n) is 5.16. The van der Waals surface area contributed by atoms with Crippen molar-refractivity contribution in [3.8, 4) is 0 Å². The smallest absolute Gasteiger partial charge is 0.229 e. The predicted octanol–water partition coefficient (Wildman–Crippen LogP) is 2.14. The van der Waals surface area contributed by atoms with Gasteiger partial charge in [0.2, 0.25) is 5.91 Å². The van der Waals surface area contributed by atoms with E-state index in [1.165, 1.54) is 6.07 Å². The Morgan fingerprint density at radius 3 is 2.89 bits per heavy atom. The lowest BCUT2D eigenvalue weighted by Gasteiger charge is -2.34. The zero-order valence-corrected chi connectivity index (χ0v) is 11.5. The quantitative estimate of drug-likeness (QED) is 0.907. The molecule has 1 aliphatic heterocycles. The van der Waals surface area contributed by atoms with E-state index in [9.17, 15) is 9.18 Å². The summed E-state index contributed by atoms with van der Waals surface area (Å²) >= 11 is 0. The second-order valence-corrected chi connectivity index (χ2v) is 5.16. The fraction of sp³-hybridized carbons (Fsp3) is 0.533. The first-order chi connectivity index (χ1) is 9.13. The van der Waals surface area contributed by atoms with Crippen molar-refractivity contribution in [1.82, 2.24) is 10.2 Å². The van der Waals surface area contributed by atoms with Crippen LogP contribution in [0.15, 0.2) is 24.3 Å². The summed E-state index contributed by atoms with van der Waals surface area (Å²) in [6.45, 7) is 3.27. The molecule has 2 atom stereocenters. The third-order valence-corrected chi connectivity index (χ3v) is 3.88. The van der Waals surface area contributed by atoms with Gasteiger partial charge in [0, 0.05) is 19.1 Å². The number of piperidine rings is 1. The molecule has 0 radical (unpaired) electrons. The van der Waals surface area contributed by atoms with Crippen molar-refractivity contribution in [2.24, 2.45) is 0 Å². The summed E-state index contributed by atoms with van der Waals surface area (Å²) in [5.41, 5.74) is 0.485. The topological polar surface area (TPSA) is 32.3 Å². The molecule has 0 spiro atoms. The van der Waals surface area contributed by atoms with Gasteiger partial charge in [-0.1, -0.05) is 18.2 Å². The molecule has 3 nitrogen and oxygen atoms in total. The van der Waals surface area contributed by atoms with E-state index in [0.29, 0.717) is 18.2 Å². The number of hydrogen-bond donors (Lipinski definition) is 1. The summed E-state index contributed by atoms with van der Waals surface area (Å²) < 4.78 is 13.7. The van der Waals surface area contributed by atoms with Crippen LogP contribution in [-0.4, -0.2) is 37.0 Å². The van der Waals surface area contributed by atoms with Gasteiger partial charge < -0.3 is 10.2 Å². The molecule has 19 heavy (non-hydrogen) atoms. The Hall–Kier alpha value is -1.42. The highest BCUT2D eigenvalue weighted by molar-refractivity contribution is 5.83. The van der Waals surface area contributed by atoms with Crippen molar-refractivity contribution >= 4 is 5.91 Å². The van der Waals surface area contributed by atoms with E-state index >= 15 is 0 Å². The molecule has 0 saturated carbocycles. The molecule has 1 aromatic rings. The van der Waals surface area contributed by atoms with Gasteiger partial charge in [-0.2, -0.15) is 0 Å². The van der Waals surface area contributed by atoms with Gasteiger partial charge in [0.25, 0.3) is 0 Å². The number of hydrogen-bond acceptors (Lipinski definition) is 2. The van der Waals surface area contributed by atoms with Gasteiger partial charge in [-0.15, -0.1) is 0 Å². The van der Waals surface area contributed by atoms with E-state index < -0.39 is 5.92 Å². The highest BCUT2D eigenvalue weighted by Gasteiger charge is 2.27. The van der Waals surface area contributed by atoms with Crippen LogP contribution in [0.3, 0.4) is 0 Å². The maximum Gasteiger partial charge on any atom is 0.229 e. The minimum Gasteiger partial charge on any atom is -0.341 e. The molecule has 1 saturated heterocycles. The van der Waals surface area contributed by atoms with E-state index in [-0.39, 0.29) is 11.7 Å². The number of nitrogens with one attached hydrogen (secondary N) is 1. The van der Waals surface area contributed by atoms with Crippen LogP contribution in [0.2, 0.25) is 0 Å². The number of rotatable bonds is 3. The van der Waals surface area contributed by atoms with Crippen LogP contribution >= 0.6 is 0 Å². The summed E-state index contributed by atoms with van der Waals surface area (Å²) in [5, 5.41) is 3.21. The number of amides is 1. The molecule has 0 aliphatic carbocycles. The molecule has 0 aromatic heterocycles. The van der Waals surface area contributed by atoms with Crippen LogP contribution in [0, 0.1) is 5.82 Å². The lowest BCUT2D eigenvalue weighted by atomic mass is 9.97. The normalized spacial score (nSPS) is 21.2. The Bertz CT molecular complexity index is 450. The lowest BCUT2D eigenvalue weighted by molar-refractivity contribution is -0.133. The average Bonchev–Trinajstić information content (AvgIpc) is 2.46. The Labute approximate surface area is 113 Å². The van der Waals surface area contributed by atoms with E-state index in [1.54, 1.807) is 25.1 Å². The molecule has 1 heterocycles. The third kappa shape index (κ3) is 3.13. The van der Waals surface area contributed by atoms with E-state index in [0.717, 1.165) is 19.4 Å². The van der Waals surface area contributed by atoms with Gasteiger partial charge in [0.15, 0.2) is 0 Å². The number of carbonyl (C=O) groups is 1. The molecule has 1 aliphatic rings. The molecule has 2 unspecified atom stereocenters. The molecule has 1 aromatic carbocycles. The number of halogens is 1. The maximum absolute atomic E-state index is 13.7. The SMILES string of the molecule is CNC1CCCN(C(=O)C(C)c2ccccc2F)C1. The minimum absolute atomic E-state index is 0.0186. The Morgan fingerprint density at radius 2 is 2.21 bits per heavy atom. The zero-order chi connectivity index (χ0) is 13.8. The zero-order valence-electron chi connectivity index (χ0n) is 11.5. The molecule has 2 rings (SSSR count). The number of likely N-dealkylation sites (N-methyl/N-ethyl adjacent to an activating group) is 1. The van der Waals surface area contributed by atoms with Crippen LogP contribution in [0.25, 0.3) is 0 Å². The molecular weight excluding hydrogens is 243 g/mol. The van der Waals surface area contributed by atoms with E-state index in [1.807, 2.05) is 11.9 Å². The van der Waals surface area contributed by atoms with E-state index in [2.05, 4.69) is 5.32 Å². The molecule has 1 N–H and O–H groups in total. The molecule has 1 amide bonds. The van der Waals surface area contributed by atoms with E-state index in [4.69, 9.17) is 0 Å². The van der Waals surface area contributed by atoms with Crippen LogP contribution in [0.5, 0.6) is 0 Å². The van der Waals surface area contributed by atoms with Gasteiger partial charge in [0.05, 0.1) is 5.92 Å². The summed E-state index contributed by atoms with van der Waals surface area (Å²) in [4.78, 5) is 14.3. The standard InChI is InChI=1S/C15H21FN2O/c1-11(13-7-3-4-8-14(13)16)15(19)18-9-5-6-12(10-18)17-2/h3-4,7-8,11-12,17H,5-6,9-10H2,1-2H3. The van der Waals surface area contributed by atoms with Crippen molar-refractivity contribution in [1.29, 1.82) is 0 Å². The maximum atomic E-state index is 13.7. The fourth-order valence-electron chi connectivity index (χ4n) is 2.65. The monoisotopic (exact) mass is 264 g/mol. The van der Waals surface area contributed by atoms with Gasteiger partial charge in [-0.3, -0.25) is 4.79 Å². The molecule has 4 heteroatoms. The first-order valence-corrected chi connectivity index (χ1v) is 6.84. The Balaban J connectivity index is 2.09. The van der Waals surface area contributed by atoms with Crippen LogP contribution in [0.4, 0.5) is 4.39 Å². The Kier molecular flexibility index (Phi) is 4.53. The summed E-state index contributed by atoms with van der Waals surface area (Å²) in [5.74, 6) is -0.701. The first-order valence-electron chi connectivity index (χ1n) is 6.84. The molecule has 0 bridgehead atoms. The fourth-order valence-corrected chi connectivity index (χ4v) is 2.65. The number of nitrogens with zero attached hydrogens (tertiary/aromatic N) is 1. The molecular formula is C15H21FN2O. The molecule has 1 fully saturated rings. The number of likely N-dealkylation sites (tertiary alicyclic amines) is 1. The summed E-state index contributed by atoms with van der Waals surface area (Å²) in [6.07, 6.45) is 2.09. The van der Waals surface area contributed by atoms with Gasteiger partial charge in [-0.05, 0) is 38.4 Å². The Morgan fingerprint density at radius 1 is 1.47 bits per heavy atom. The van der Waals surface area contributed by atoms with Crippen LogP contribution in [-0.2, 0) is 4.79 Å². The van der Waals surface area contributed by atoms with Gasteiger partial charge in [0.1, 0.15) is 5.82 Å². The van der Waals surface area contributed by atoms with Gasteiger partial charge in [-0.25, -0.2) is 4.39 Å².